The molecule has 2 N–H and O–H groups in total. The summed E-state index contributed by atoms with van der Waals surface area (Å²) in [5.41, 5.74) is 11.8. The Morgan fingerprint density at radius 3 is 2.39 bits per heavy atom. The molecule has 0 saturated carbocycles. The Balaban J connectivity index is 2.11. The molecular formula is C16H26N2. The zero-order valence-corrected chi connectivity index (χ0v) is 12.2. The molecule has 1 aromatic rings. The SMILES string of the molecule is Cc1cc(C)c(C(N)CN2CCC(C)C2)c(C)c1. The number of hydrogen-bond donors (Lipinski definition) is 1. The second kappa shape index (κ2) is 5.41. The number of rotatable bonds is 3. The van der Waals surface area contributed by atoms with Crippen LogP contribution in [0, 0.1) is 26.7 Å². The maximum Gasteiger partial charge on any atom is 0.0429 e. The molecule has 0 amide bonds. The molecule has 0 spiro atoms. The maximum absolute atomic E-state index is 6.43. The van der Waals surface area contributed by atoms with Crippen LogP contribution in [0.5, 0.6) is 0 Å². The predicted octanol–water partition coefficient (Wildman–Crippen LogP) is 2.95. The summed E-state index contributed by atoms with van der Waals surface area (Å²) in [4.78, 5) is 2.51. The van der Waals surface area contributed by atoms with Gasteiger partial charge < -0.3 is 10.6 Å². The van der Waals surface area contributed by atoms with Gasteiger partial charge in [-0.25, -0.2) is 0 Å². The van der Waals surface area contributed by atoms with Crippen LogP contribution in [-0.4, -0.2) is 24.5 Å². The number of hydrogen-bond acceptors (Lipinski definition) is 2. The van der Waals surface area contributed by atoms with Gasteiger partial charge in [0.25, 0.3) is 0 Å². The Morgan fingerprint density at radius 1 is 1.28 bits per heavy atom. The predicted molar refractivity (Wildman–Crippen MR) is 77.8 cm³/mol. The van der Waals surface area contributed by atoms with E-state index < -0.39 is 0 Å². The van der Waals surface area contributed by atoms with Crippen molar-refractivity contribution < 1.29 is 0 Å². The van der Waals surface area contributed by atoms with Crippen LogP contribution < -0.4 is 5.73 Å². The summed E-state index contributed by atoms with van der Waals surface area (Å²) in [6.45, 7) is 12.3. The van der Waals surface area contributed by atoms with Crippen LogP contribution in [0.1, 0.15) is 41.6 Å². The van der Waals surface area contributed by atoms with Crippen LogP contribution in [0.2, 0.25) is 0 Å². The topological polar surface area (TPSA) is 29.3 Å². The largest absolute Gasteiger partial charge is 0.323 e. The van der Waals surface area contributed by atoms with Crippen molar-refractivity contribution in [1.29, 1.82) is 0 Å². The lowest BCUT2D eigenvalue weighted by molar-refractivity contribution is 0.306. The van der Waals surface area contributed by atoms with Crippen molar-refractivity contribution in [1.82, 2.24) is 4.90 Å². The number of benzene rings is 1. The maximum atomic E-state index is 6.43. The minimum Gasteiger partial charge on any atom is -0.323 e. The standard InChI is InChI=1S/C16H26N2/c1-11-5-6-18(9-11)10-15(17)16-13(3)7-12(2)8-14(16)4/h7-8,11,15H,5-6,9-10,17H2,1-4H3. The molecule has 0 radical (unpaired) electrons. The summed E-state index contributed by atoms with van der Waals surface area (Å²) in [6.07, 6.45) is 1.32. The van der Waals surface area contributed by atoms with Crippen LogP contribution in [-0.2, 0) is 0 Å². The monoisotopic (exact) mass is 246 g/mol. The average molecular weight is 246 g/mol. The third kappa shape index (κ3) is 2.93. The molecular weight excluding hydrogens is 220 g/mol. The number of aryl methyl sites for hydroxylation is 3. The van der Waals surface area contributed by atoms with Crippen molar-refractivity contribution in [2.45, 2.75) is 40.2 Å². The van der Waals surface area contributed by atoms with Crippen LogP contribution in [0.25, 0.3) is 0 Å². The zero-order valence-electron chi connectivity index (χ0n) is 12.2. The molecule has 2 unspecified atom stereocenters. The molecule has 0 aliphatic carbocycles. The highest BCUT2D eigenvalue weighted by Gasteiger charge is 2.22. The van der Waals surface area contributed by atoms with E-state index in [1.165, 1.54) is 41.8 Å². The molecule has 0 bridgehead atoms. The first-order valence-electron chi connectivity index (χ1n) is 7.03. The van der Waals surface area contributed by atoms with Gasteiger partial charge in [0.15, 0.2) is 0 Å². The van der Waals surface area contributed by atoms with Crippen molar-refractivity contribution in [3.05, 3.63) is 34.4 Å². The van der Waals surface area contributed by atoms with Gasteiger partial charge in [0.2, 0.25) is 0 Å². The average Bonchev–Trinajstić information content (AvgIpc) is 2.62. The van der Waals surface area contributed by atoms with Crippen LogP contribution in [0.3, 0.4) is 0 Å². The van der Waals surface area contributed by atoms with Crippen molar-refractivity contribution in [3.63, 3.8) is 0 Å². The van der Waals surface area contributed by atoms with Crippen LogP contribution in [0.4, 0.5) is 0 Å². The van der Waals surface area contributed by atoms with E-state index in [2.05, 4.69) is 44.7 Å². The molecule has 100 valence electrons. The number of likely N-dealkylation sites (tertiary alicyclic amines) is 1. The Kier molecular flexibility index (Phi) is 4.08. The van der Waals surface area contributed by atoms with Crippen molar-refractivity contribution in [3.8, 4) is 0 Å². The minimum atomic E-state index is 0.149. The van der Waals surface area contributed by atoms with E-state index in [0.717, 1.165) is 12.5 Å². The lowest BCUT2D eigenvalue weighted by atomic mass is 9.94. The summed E-state index contributed by atoms with van der Waals surface area (Å²) < 4.78 is 0. The summed E-state index contributed by atoms with van der Waals surface area (Å²) >= 11 is 0. The van der Waals surface area contributed by atoms with Gasteiger partial charge in [-0.1, -0.05) is 24.6 Å². The minimum absolute atomic E-state index is 0.149. The quantitative estimate of drug-likeness (QED) is 0.888. The van der Waals surface area contributed by atoms with Crippen molar-refractivity contribution >= 4 is 0 Å². The summed E-state index contributed by atoms with van der Waals surface area (Å²) in [5.74, 6) is 0.831. The number of nitrogens with zero attached hydrogens (tertiary/aromatic N) is 1. The second-order valence-corrected chi connectivity index (χ2v) is 6.07. The van der Waals surface area contributed by atoms with Gasteiger partial charge in [-0.15, -0.1) is 0 Å². The molecule has 1 fully saturated rings. The Morgan fingerprint density at radius 2 is 1.89 bits per heavy atom. The van der Waals surface area contributed by atoms with Gasteiger partial charge in [-0.2, -0.15) is 0 Å². The fraction of sp³-hybridized carbons (Fsp3) is 0.625. The Hall–Kier alpha value is -0.860. The van der Waals surface area contributed by atoms with E-state index in [4.69, 9.17) is 5.73 Å². The molecule has 0 aromatic heterocycles. The molecule has 2 atom stereocenters. The van der Waals surface area contributed by atoms with E-state index in [9.17, 15) is 0 Å². The Labute approximate surface area is 111 Å². The molecule has 1 saturated heterocycles. The summed E-state index contributed by atoms with van der Waals surface area (Å²) in [7, 11) is 0. The molecule has 1 aromatic carbocycles. The first kappa shape index (κ1) is 13.6. The van der Waals surface area contributed by atoms with E-state index in [0.29, 0.717) is 0 Å². The first-order chi connectivity index (χ1) is 8.47. The van der Waals surface area contributed by atoms with E-state index in [1.54, 1.807) is 0 Å². The van der Waals surface area contributed by atoms with Gasteiger partial charge in [0.05, 0.1) is 0 Å². The van der Waals surface area contributed by atoms with Gasteiger partial charge in [0, 0.05) is 19.1 Å². The highest BCUT2D eigenvalue weighted by Crippen LogP contribution is 2.24. The molecule has 2 rings (SSSR count). The molecule has 1 aliphatic heterocycles. The third-order valence-electron chi connectivity index (χ3n) is 4.07. The fourth-order valence-corrected chi connectivity index (χ4v) is 3.34. The van der Waals surface area contributed by atoms with Crippen LogP contribution >= 0.6 is 0 Å². The van der Waals surface area contributed by atoms with Gasteiger partial charge in [-0.05, 0) is 56.3 Å². The van der Waals surface area contributed by atoms with E-state index >= 15 is 0 Å². The lowest BCUT2D eigenvalue weighted by Gasteiger charge is -2.24. The molecule has 1 heterocycles. The molecule has 2 nitrogen and oxygen atoms in total. The second-order valence-electron chi connectivity index (χ2n) is 6.07. The van der Waals surface area contributed by atoms with Crippen LogP contribution in [0.15, 0.2) is 12.1 Å². The van der Waals surface area contributed by atoms with Gasteiger partial charge in [-0.3, -0.25) is 0 Å². The lowest BCUT2D eigenvalue weighted by Crippen LogP contribution is -2.31. The fourth-order valence-electron chi connectivity index (χ4n) is 3.34. The molecule has 1 aliphatic rings. The molecule has 18 heavy (non-hydrogen) atoms. The highest BCUT2D eigenvalue weighted by atomic mass is 15.2. The summed E-state index contributed by atoms with van der Waals surface area (Å²) in [5, 5.41) is 0. The van der Waals surface area contributed by atoms with E-state index in [-0.39, 0.29) is 6.04 Å². The van der Waals surface area contributed by atoms with Crippen molar-refractivity contribution in [2.24, 2.45) is 11.7 Å². The van der Waals surface area contributed by atoms with E-state index in [1.807, 2.05) is 0 Å². The third-order valence-corrected chi connectivity index (χ3v) is 4.07. The zero-order chi connectivity index (χ0) is 13.3. The highest BCUT2D eigenvalue weighted by molar-refractivity contribution is 5.39. The van der Waals surface area contributed by atoms with Crippen molar-refractivity contribution in [2.75, 3.05) is 19.6 Å². The van der Waals surface area contributed by atoms with Gasteiger partial charge >= 0.3 is 0 Å². The normalized spacial score (nSPS) is 22.4. The molecule has 2 heteroatoms. The first-order valence-corrected chi connectivity index (χ1v) is 7.03. The summed E-state index contributed by atoms with van der Waals surface area (Å²) in [6, 6.07) is 4.64. The smallest absolute Gasteiger partial charge is 0.0429 e. The Bertz CT molecular complexity index is 402. The van der Waals surface area contributed by atoms with Gasteiger partial charge in [0.1, 0.15) is 0 Å². The number of nitrogens with two attached hydrogens (primary N) is 1.